The Morgan fingerprint density at radius 3 is 2.67 bits per heavy atom. The van der Waals surface area contributed by atoms with Crippen molar-refractivity contribution in [1.29, 1.82) is 0 Å². The first kappa shape index (κ1) is 17.4. The minimum Gasteiger partial charge on any atom is -0.353 e. The van der Waals surface area contributed by atoms with Crippen LogP contribution in [0.4, 0.5) is 0 Å². The van der Waals surface area contributed by atoms with Crippen LogP contribution in [0.15, 0.2) is 30.3 Å². The second-order valence-corrected chi connectivity index (χ2v) is 7.38. The molecule has 2 atom stereocenters. The Hall–Kier alpha value is -1.39. The number of hydrogen-bond acceptors (Lipinski definition) is 3. The number of piperidine rings is 1. The molecule has 2 unspecified atom stereocenters. The van der Waals surface area contributed by atoms with Gasteiger partial charge in [-0.25, -0.2) is 0 Å². The van der Waals surface area contributed by atoms with E-state index in [-0.39, 0.29) is 11.9 Å². The summed E-state index contributed by atoms with van der Waals surface area (Å²) in [5.74, 6) is 0.937. The molecule has 1 aromatic rings. The third-order valence-electron chi connectivity index (χ3n) is 5.63. The van der Waals surface area contributed by atoms with Gasteiger partial charge >= 0.3 is 0 Å². The molecule has 4 nitrogen and oxygen atoms in total. The quantitative estimate of drug-likeness (QED) is 0.841. The summed E-state index contributed by atoms with van der Waals surface area (Å²) in [6, 6.07) is 11.2. The van der Waals surface area contributed by atoms with Gasteiger partial charge in [-0.1, -0.05) is 30.3 Å². The van der Waals surface area contributed by atoms with Crippen LogP contribution in [0.1, 0.15) is 38.2 Å². The minimum atomic E-state index is -0.0101. The third-order valence-corrected chi connectivity index (χ3v) is 5.63. The Bertz CT molecular complexity index is 505. The first-order valence-electron chi connectivity index (χ1n) is 9.51. The summed E-state index contributed by atoms with van der Waals surface area (Å²) in [7, 11) is 0. The van der Waals surface area contributed by atoms with Crippen LogP contribution in [-0.2, 0) is 11.2 Å². The first-order valence-corrected chi connectivity index (χ1v) is 9.51. The van der Waals surface area contributed by atoms with Gasteiger partial charge in [0.15, 0.2) is 0 Å². The Morgan fingerprint density at radius 1 is 1.25 bits per heavy atom. The summed E-state index contributed by atoms with van der Waals surface area (Å²) in [4.78, 5) is 14.7. The van der Waals surface area contributed by atoms with Crippen LogP contribution in [0, 0.1) is 5.92 Å². The van der Waals surface area contributed by atoms with E-state index >= 15 is 0 Å². The van der Waals surface area contributed by atoms with Crippen LogP contribution in [0.3, 0.4) is 0 Å². The monoisotopic (exact) mass is 329 g/mol. The lowest BCUT2D eigenvalue weighted by Crippen LogP contribution is -2.50. The molecule has 1 aromatic carbocycles. The molecule has 0 bridgehead atoms. The van der Waals surface area contributed by atoms with Gasteiger partial charge in [0.05, 0.1) is 6.04 Å². The van der Waals surface area contributed by atoms with Crippen LogP contribution >= 0.6 is 0 Å². The molecule has 4 heteroatoms. The molecular formula is C20H31N3O. The highest BCUT2D eigenvalue weighted by atomic mass is 16.2. The molecule has 0 aliphatic carbocycles. The second-order valence-electron chi connectivity index (χ2n) is 7.38. The summed E-state index contributed by atoms with van der Waals surface area (Å²) in [5.41, 5.74) is 1.44. The Labute approximate surface area is 146 Å². The van der Waals surface area contributed by atoms with Crippen LogP contribution in [0.25, 0.3) is 0 Å². The SMILES string of the molecule is CC(C(=O)NCC1CCCN1)N1CCC(Cc2ccccc2)CC1. The fourth-order valence-corrected chi connectivity index (χ4v) is 3.96. The van der Waals surface area contributed by atoms with E-state index in [9.17, 15) is 4.79 Å². The van der Waals surface area contributed by atoms with Crippen molar-refractivity contribution in [2.75, 3.05) is 26.2 Å². The number of benzene rings is 1. The lowest BCUT2D eigenvalue weighted by Gasteiger charge is -2.35. The Kier molecular flexibility index (Phi) is 6.27. The second kappa shape index (κ2) is 8.63. The molecule has 2 N–H and O–H groups in total. The van der Waals surface area contributed by atoms with E-state index in [1.807, 2.05) is 0 Å². The maximum Gasteiger partial charge on any atom is 0.237 e. The van der Waals surface area contributed by atoms with Gasteiger partial charge in [-0.2, -0.15) is 0 Å². The largest absolute Gasteiger partial charge is 0.353 e. The molecule has 24 heavy (non-hydrogen) atoms. The molecule has 0 spiro atoms. The van der Waals surface area contributed by atoms with E-state index in [1.54, 1.807) is 0 Å². The molecule has 2 heterocycles. The third kappa shape index (κ3) is 4.81. The number of amides is 1. The van der Waals surface area contributed by atoms with Crippen molar-refractivity contribution in [3.8, 4) is 0 Å². The van der Waals surface area contributed by atoms with Crippen LogP contribution < -0.4 is 10.6 Å². The number of hydrogen-bond donors (Lipinski definition) is 2. The van der Waals surface area contributed by atoms with E-state index in [2.05, 4.69) is 52.8 Å². The molecule has 2 aliphatic heterocycles. The highest BCUT2D eigenvalue weighted by Gasteiger charge is 2.27. The normalized spacial score (nSPS) is 24.0. The fourth-order valence-electron chi connectivity index (χ4n) is 3.96. The van der Waals surface area contributed by atoms with Crippen molar-refractivity contribution in [3.05, 3.63) is 35.9 Å². The number of carbonyl (C=O) groups excluding carboxylic acids is 1. The van der Waals surface area contributed by atoms with Crippen molar-refractivity contribution in [2.45, 2.75) is 51.1 Å². The van der Waals surface area contributed by atoms with Gasteiger partial charge in [0, 0.05) is 12.6 Å². The lowest BCUT2D eigenvalue weighted by molar-refractivity contribution is -0.126. The summed E-state index contributed by atoms with van der Waals surface area (Å²) in [5, 5.41) is 6.56. The summed E-state index contributed by atoms with van der Waals surface area (Å²) >= 11 is 0. The zero-order chi connectivity index (χ0) is 16.8. The van der Waals surface area contributed by atoms with E-state index in [0.29, 0.717) is 6.04 Å². The maximum atomic E-state index is 12.4. The van der Waals surface area contributed by atoms with Gasteiger partial charge in [0.2, 0.25) is 5.91 Å². The fraction of sp³-hybridized carbons (Fsp3) is 0.650. The molecule has 1 amide bonds. The van der Waals surface area contributed by atoms with Gasteiger partial charge in [0.25, 0.3) is 0 Å². The van der Waals surface area contributed by atoms with E-state index in [1.165, 1.54) is 37.7 Å². The predicted molar refractivity (Wildman–Crippen MR) is 97.9 cm³/mol. The molecule has 2 saturated heterocycles. The van der Waals surface area contributed by atoms with Crippen molar-refractivity contribution in [3.63, 3.8) is 0 Å². The number of likely N-dealkylation sites (tertiary alicyclic amines) is 1. The molecule has 0 radical (unpaired) electrons. The van der Waals surface area contributed by atoms with Gasteiger partial charge in [-0.05, 0) is 70.1 Å². The van der Waals surface area contributed by atoms with Crippen LogP contribution in [-0.4, -0.2) is 49.1 Å². The van der Waals surface area contributed by atoms with Gasteiger partial charge in [-0.15, -0.1) is 0 Å². The molecule has 132 valence electrons. The van der Waals surface area contributed by atoms with Crippen LogP contribution in [0.2, 0.25) is 0 Å². The number of nitrogens with one attached hydrogen (secondary N) is 2. The topological polar surface area (TPSA) is 44.4 Å². The van der Waals surface area contributed by atoms with Gasteiger partial charge in [0.1, 0.15) is 0 Å². The van der Waals surface area contributed by atoms with Crippen molar-refractivity contribution in [2.24, 2.45) is 5.92 Å². The first-order chi connectivity index (χ1) is 11.7. The minimum absolute atomic E-state index is 0.0101. The van der Waals surface area contributed by atoms with Crippen molar-refractivity contribution >= 4 is 5.91 Å². The van der Waals surface area contributed by atoms with Crippen LogP contribution in [0.5, 0.6) is 0 Å². The van der Waals surface area contributed by atoms with Gasteiger partial charge in [-0.3, -0.25) is 9.69 Å². The Morgan fingerprint density at radius 2 is 2.00 bits per heavy atom. The molecule has 0 aromatic heterocycles. The lowest BCUT2D eigenvalue weighted by atomic mass is 9.89. The molecular weight excluding hydrogens is 298 g/mol. The summed E-state index contributed by atoms with van der Waals surface area (Å²) in [6.45, 7) is 5.98. The number of carbonyl (C=O) groups is 1. The van der Waals surface area contributed by atoms with Gasteiger partial charge < -0.3 is 10.6 Å². The smallest absolute Gasteiger partial charge is 0.237 e. The maximum absolute atomic E-state index is 12.4. The zero-order valence-electron chi connectivity index (χ0n) is 14.8. The Balaban J connectivity index is 1.39. The zero-order valence-corrected chi connectivity index (χ0v) is 14.8. The van der Waals surface area contributed by atoms with E-state index in [0.717, 1.165) is 32.1 Å². The highest BCUT2D eigenvalue weighted by Crippen LogP contribution is 2.22. The molecule has 2 fully saturated rings. The predicted octanol–water partition coefficient (Wildman–Crippen LogP) is 2.20. The van der Waals surface area contributed by atoms with Crippen molar-refractivity contribution < 1.29 is 4.79 Å². The molecule has 2 aliphatic rings. The number of rotatable bonds is 6. The molecule has 0 saturated carbocycles. The summed E-state index contributed by atoms with van der Waals surface area (Å²) in [6.07, 6.45) is 5.96. The number of nitrogens with zero attached hydrogens (tertiary/aromatic N) is 1. The van der Waals surface area contributed by atoms with E-state index in [4.69, 9.17) is 0 Å². The van der Waals surface area contributed by atoms with E-state index < -0.39 is 0 Å². The molecule has 3 rings (SSSR count). The summed E-state index contributed by atoms with van der Waals surface area (Å²) < 4.78 is 0. The van der Waals surface area contributed by atoms with Crippen molar-refractivity contribution in [1.82, 2.24) is 15.5 Å². The highest BCUT2D eigenvalue weighted by molar-refractivity contribution is 5.81. The average molecular weight is 329 g/mol. The standard InChI is InChI=1S/C20H31N3O/c1-16(20(24)22-15-19-8-5-11-21-19)23-12-9-18(10-13-23)14-17-6-3-2-4-7-17/h2-4,6-7,16,18-19,21H,5,8-15H2,1H3,(H,22,24). The average Bonchev–Trinajstić information content (AvgIpc) is 3.14.